The van der Waals surface area contributed by atoms with Crippen molar-refractivity contribution < 1.29 is 19.1 Å². The maximum absolute atomic E-state index is 12.4. The van der Waals surface area contributed by atoms with Crippen molar-refractivity contribution in [1.29, 1.82) is 0 Å². The Bertz CT molecular complexity index is 814. The first-order valence-corrected chi connectivity index (χ1v) is 9.31. The van der Waals surface area contributed by atoms with Gasteiger partial charge in [-0.25, -0.2) is 0 Å². The van der Waals surface area contributed by atoms with Gasteiger partial charge in [-0.05, 0) is 35.7 Å². The van der Waals surface area contributed by atoms with E-state index >= 15 is 0 Å². The minimum absolute atomic E-state index is 0.0412. The summed E-state index contributed by atoms with van der Waals surface area (Å²) < 4.78 is 11.0. The summed E-state index contributed by atoms with van der Waals surface area (Å²) in [6.07, 6.45) is 1.37. The first-order chi connectivity index (χ1) is 13.1. The molecule has 0 atom stereocenters. The fourth-order valence-corrected chi connectivity index (χ4v) is 3.01. The number of amides is 1. The van der Waals surface area contributed by atoms with E-state index in [-0.39, 0.29) is 24.5 Å². The monoisotopic (exact) mass is 367 g/mol. The fourth-order valence-electron chi connectivity index (χ4n) is 3.01. The third-order valence-electron chi connectivity index (χ3n) is 4.71. The second kappa shape index (κ2) is 8.71. The highest BCUT2D eigenvalue weighted by Gasteiger charge is 2.17. The van der Waals surface area contributed by atoms with Gasteiger partial charge < -0.3 is 14.4 Å². The lowest BCUT2D eigenvalue weighted by Crippen LogP contribution is -2.26. The van der Waals surface area contributed by atoms with Gasteiger partial charge in [-0.15, -0.1) is 0 Å². The van der Waals surface area contributed by atoms with E-state index in [4.69, 9.17) is 9.47 Å². The minimum atomic E-state index is -0.0685. The highest BCUT2D eigenvalue weighted by Crippen LogP contribution is 2.31. The number of carbonyl (C=O) groups is 2. The van der Waals surface area contributed by atoms with E-state index in [2.05, 4.69) is 19.1 Å². The highest BCUT2D eigenvalue weighted by atomic mass is 16.6. The van der Waals surface area contributed by atoms with Gasteiger partial charge in [-0.3, -0.25) is 9.59 Å². The molecule has 5 heteroatoms. The van der Waals surface area contributed by atoms with Gasteiger partial charge in [0.25, 0.3) is 0 Å². The van der Waals surface area contributed by atoms with Crippen LogP contribution < -0.4 is 9.47 Å². The molecule has 1 aliphatic heterocycles. The van der Waals surface area contributed by atoms with Crippen molar-refractivity contribution in [2.45, 2.75) is 32.7 Å². The summed E-state index contributed by atoms with van der Waals surface area (Å²) >= 11 is 0. The maximum Gasteiger partial charge on any atom is 0.223 e. The van der Waals surface area contributed by atoms with Gasteiger partial charge in [0.15, 0.2) is 17.3 Å². The van der Waals surface area contributed by atoms with Crippen LogP contribution in [0.4, 0.5) is 0 Å². The van der Waals surface area contributed by atoms with Crippen LogP contribution in [0.2, 0.25) is 0 Å². The van der Waals surface area contributed by atoms with Crippen molar-refractivity contribution in [3.05, 3.63) is 59.2 Å². The van der Waals surface area contributed by atoms with Gasteiger partial charge >= 0.3 is 0 Å². The number of ether oxygens (including phenoxy) is 2. The number of ketones is 1. The molecule has 5 nitrogen and oxygen atoms in total. The molecule has 2 aromatic carbocycles. The van der Waals surface area contributed by atoms with Gasteiger partial charge in [-0.2, -0.15) is 0 Å². The Kier molecular flexibility index (Phi) is 6.12. The summed E-state index contributed by atoms with van der Waals surface area (Å²) in [4.78, 5) is 26.5. The zero-order valence-corrected chi connectivity index (χ0v) is 15.9. The van der Waals surface area contributed by atoms with Crippen molar-refractivity contribution in [3.63, 3.8) is 0 Å². The summed E-state index contributed by atoms with van der Waals surface area (Å²) in [7, 11) is 1.77. The SMILES string of the molecule is CCc1ccc(CN(C)C(=O)CCC(=O)c2ccc3c(c2)OCCO3)cc1. The van der Waals surface area contributed by atoms with Crippen LogP contribution in [-0.4, -0.2) is 36.9 Å². The number of hydrogen-bond acceptors (Lipinski definition) is 4. The Hall–Kier alpha value is -2.82. The van der Waals surface area contributed by atoms with Crippen molar-refractivity contribution in [1.82, 2.24) is 4.90 Å². The van der Waals surface area contributed by atoms with Crippen LogP contribution in [0.5, 0.6) is 11.5 Å². The van der Waals surface area contributed by atoms with E-state index in [1.165, 1.54) is 5.56 Å². The average molecular weight is 367 g/mol. The summed E-state index contributed by atoms with van der Waals surface area (Å²) in [6, 6.07) is 13.4. The Morgan fingerprint density at radius 1 is 0.926 bits per heavy atom. The van der Waals surface area contributed by atoms with Crippen molar-refractivity contribution in [3.8, 4) is 11.5 Å². The number of nitrogens with zero attached hydrogens (tertiary/aromatic N) is 1. The normalized spacial score (nSPS) is 12.5. The molecule has 1 amide bonds. The van der Waals surface area contributed by atoms with E-state index in [1.807, 2.05) is 12.1 Å². The van der Waals surface area contributed by atoms with Crippen molar-refractivity contribution in [2.75, 3.05) is 20.3 Å². The predicted octanol–water partition coefficient (Wildman–Crippen LogP) is 3.64. The Balaban J connectivity index is 1.52. The number of rotatable bonds is 7. The molecule has 0 saturated carbocycles. The fraction of sp³-hybridized carbons (Fsp3) is 0.364. The van der Waals surface area contributed by atoms with Gasteiger partial charge in [0.2, 0.25) is 5.91 Å². The molecule has 0 radical (unpaired) electrons. The lowest BCUT2D eigenvalue weighted by atomic mass is 10.1. The predicted molar refractivity (Wildman–Crippen MR) is 103 cm³/mol. The number of fused-ring (bicyclic) bond motifs is 1. The lowest BCUT2D eigenvalue weighted by molar-refractivity contribution is -0.130. The second-order valence-corrected chi connectivity index (χ2v) is 6.70. The van der Waals surface area contributed by atoms with Crippen LogP contribution in [0.1, 0.15) is 41.3 Å². The van der Waals surface area contributed by atoms with Crippen LogP contribution >= 0.6 is 0 Å². The maximum atomic E-state index is 12.4. The smallest absolute Gasteiger partial charge is 0.223 e. The van der Waals surface area contributed by atoms with Gasteiger partial charge in [-0.1, -0.05) is 31.2 Å². The number of hydrogen-bond donors (Lipinski definition) is 0. The molecule has 0 bridgehead atoms. The molecule has 0 aliphatic carbocycles. The highest BCUT2D eigenvalue weighted by molar-refractivity contribution is 5.98. The molecular weight excluding hydrogens is 342 g/mol. The van der Waals surface area contributed by atoms with Gasteiger partial charge in [0.1, 0.15) is 13.2 Å². The topological polar surface area (TPSA) is 55.8 Å². The third-order valence-corrected chi connectivity index (χ3v) is 4.71. The molecule has 0 unspecified atom stereocenters. The van der Waals surface area contributed by atoms with Crippen molar-refractivity contribution in [2.24, 2.45) is 0 Å². The average Bonchev–Trinajstić information content (AvgIpc) is 2.71. The molecule has 0 fully saturated rings. The molecule has 2 aromatic rings. The second-order valence-electron chi connectivity index (χ2n) is 6.70. The van der Waals surface area contributed by atoms with Crippen LogP contribution in [0.3, 0.4) is 0 Å². The molecule has 0 aromatic heterocycles. The number of carbonyl (C=O) groups excluding carboxylic acids is 2. The zero-order chi connectivity index (χ0) is 19.2. The molecule has 1 heterocycles. The molecule has 0 N–H and O–H groups in total. The summed E-state index contributed by atoms with van der Waals surface area (Å²) in [6.45, 7) is 3.65. The largest absolute Gasteiger partial charge is 0.486 e. The zero-order valence-electron chi connectivity index (χ0n) is 15.9. The van der Waals surface area contributed by atoms with E-state index in [0.717, 1.165) is 12.0 Å². The minimum Gasteiger partial charge on any atom is -0.486 e. The lowest BCUT2D eigenvalue weighted by Gasteiger charge is -2.19. The third kappa shape index (κ3) is 4.88. The number of Topliss-reactive ketones (excluding diaryl/α,β-unsaturated/α-hetero) is 1. The molecule has 0 saturated heterocycles. The number of aryl methyl sites for hydroxylation is 1. The van der Waals surface area contributed by atoms with Gasteiger partial charge in [0, 0.05) is 32.0 Å². The van der Waals surface area contributed by atoms with Crippen molar-refractivity contribution >= 4 is 11.7 Å². The van der Waals surface area contributed by atoms with Crippen LogP contribution in [-0.2, 0) is 17.8 Å². The van der Waals surface area contributed by atoms with E-state index in [0.29, 0.717) is 36.8 Å². The number of benzene rings is 2. The van der Waals surface area contributed by atoms with E-state index in [9.17, 15) is 9.59 Å². The summed E-state index contributed by atoms with van der Waals surface area (Å²) in [5.41, 5.74) is 2.91. The van der Waals surface area contributed by atoms with Crippen LogP contribution in [0.15, 0.2) is 42.5 Å². The standard InChI is InChI=1S/C22H25NO4/c1-3-16-4-6-17(7-5-16)15-23(2)22(25)11-9-19(24)18-8-10-20-21(14-18)27-13-12-26-20/h4-8,10,14H,3,9,11-13,15H2,1-2H3. The van der Waals surface area contributed by atoms with E-state index < -0.39 is 0 Å². The van der Waals surface area contributed by atoms with Crippen LogP contribution in [0, 0.1) is 0 Å². The van der Waals surface area contributed by atoms with Crippen LogP contribution in [0.25, 0.3) is 0 Å². The quantitative estimate of drug-likeness (QED) is 0.701. The molecule has 3 rings (SSSR count). The molecular formula is C22H25NO4. The van der Waals surface area contributed by atoms with Gasteiger partial charge in [0.05, 0.1) is 0 Å². The molecule has 27 heavy (non-hydrogen) atoms. The Morgan fingerprint density at radius 2 is 1.59 bits per heavy atom. The molecule has 0 spiro atoms. The first-order valence-electron chi connectivity index (χ1n) is 9.31. The summed E-state index contributed by atoms with van der Waals surface area (Å²) in [5.74, 6) is 1.13. The van der Waals surface area contributed by atoms with E-state index in [1.54, 1.807) is 30.1 Å². The summed E-state index contributed by atoms with van der Waals surface area (Å²) in [5, 5.41) is 0. The first kappa shape index (κ1) is 19.0. The molecule has 1 aliphatic rings. The Labute approximate surface area is 159 Å². The Morgan fingerprint density at radius 3 is 2.30 bits per heavy atom. The molecule has 142 valence electrons.